The molecule has 18 heavy (non-hydrogen) atoms. The van der Waals surface area contributed by atoms with Gasteiger partial charge in [-0.3, -0.25) is 11.3 Å². The molecule has 1 heterocycles. The van der Waals surface area contributed by atoms with E-state index >= 15 is 0 Å². The molecule has 1 aliphatic heterocycles. The van der Waals surface area contributed by atoms with E-state index in [0.29, 0.717) is 5.92 Å². The number of hydrogen-bond acceptors (Lipinski definition) is 4. The number of ether oxygens (including phenoxy) is 2. The Morgan fingerprint density at radius 2 is 2.39 bits per heavy atom. The third-order valence-electron chi connectivity index (χ3n) is 3.38. The predicted molar refractivity (Wildman–Crippen MR) is 74.3 cm³/mol. The summed E-state index contributed by atoms with van der Waals surface area (Å²) in [5.74, 6) is 6.96. The van der Waals surface area contributed by atoms with Crippen molar-refractivity contribution in [3.8, 4) is 5.75 Å². The van der Waals surface area contributed by atoms with E-state index in [9.17, 15) is 0 Å². The largest absolute Gasteiger partial charge is 0.497 e. The van der Waals surface area contributed by atoms with Crippen molar-refractivity contribution in [2.75, 3.05) is 20.3 Å². The zero-order chi connectivity index (χ0) is 13.0. The van der Waals surface area contributed by atoms with Crippen molar-refractivity contribution < 1.29 is 9.47 Å². The van der Waals surface area contributed by atoms with Gasteiger partial charge in [0.2, 0.25) is 0 Å². The first-order valence-corrected chi connectivity index (χ1v) is 6.93. The van der Waals surface area contributed by atoms with Crippen LogP contribution in [0.15, 0.2) is 22.7 Å². The smallest absolute Gasteiger partial charge is 0.119 e. The van der Waals surface area contributed by atoms with E-state index in [0.717, 1.165) is 41.8 Å². The minimum Gasteiger partial charge on any atom is -0.497 e. The average molecular weight is 315 g/mol. The second-order valence-electron chi connectivity index (χ2n) is 4.51. The summed E-state index contributed by atoms with van der Waals surface area (Å²) in [6.07, 6.45) is 2.21. The van der Waals surface area contributed by atoms with Crippen LogP contribution >= 0.6 is 15.9 Å². The maximum atomic E-state index is 5.73. The number of benzene rings is 1. The minimum atomic E-state index is 0.0785. The number of halogens is 1. The molecular weight excluding hydrogens is 296 g/mol. The highest BCUT2D eigenvalue weighted by molar-refractivity contribution is 9.10. The molecule has 0 bridgehead atoms. The van der Waals surface area contributed by atoms with Crippen LogP contribution < -0.4 is 16.0 Å². The molecule has 5 heteroatoms. The zero-order valence-electron chi connectivity index (χ0n) is 10.5. The van der Waals surface area contributed by atoms with Gasteiger partial charge in [-0.1, -0.05) is 15.9 Å². The van der Waals surface area contributed by atoms with Crippen molar-refractivity contribution in [1.82, 2.24) is 5.43 Å². The Labute approximate surface area is 116 Å². The average Bonchev–Trinajstić information content (AvgIpc) is 2.43. The Morgan fingerprint density at radius 1 is 1.56 bits per heavy atom. The third kappa shape index (κ3) is 3.03. The van der Waals surface area contributed by atoms with Gasteiger partial charge in [0, 0.05) is 17.0 Å². The maximum absolute atomic E-state index is 5.73. The molecule has 1 aromatic carbocycles. The summed E-state index contributed by atoms with van der Waals surface area (Å²) in [6.45, 7) is 1.60. The highest BCUT2D eigenvalue weighted by Gasteiger charge is 2.26. The van der Waals surface area contributed by atoms with Gasteiger partial charge in [-0.25, -0.2) is 0 Å². The second-order valence-corrected chi connectivity index (χ2v) is 5.36. The maximum Gasteiger partial charge on any atom is 0.119 e. The van der Waals surface area contributed by atoms with Gasteiger partial charge in [0.1, 0.15) is 5.75 Å². The van der Waals surface area contributed by atoms with Crippen LogP contribution in [0.1, 0.15) is 24.4 Å². The van der Waals surface area contributed by atoms with Crippen LogP contribution in [0.3, 0.4) is 0 Å². The highest BCUT2D eigenvalue weighted by Crippen LogP contribution is 2.34. The second kappa shape index (κ2) is 6.52. The quantitative estimate of drug-likeness (QED) is 0.662. The number of rotatable bonds is 4. The molecule has 2 unspecified atom stereocenters. The molecular formula is C13H19BrN2O2. The molecule has 2 rings (SSSR count). The van der Waals surface area contributed by atoms with Gasteiger partial charge < -0.3 is 9.47 Å². The monoisotopic (exact) mass is 314 g/mol. The minimum absolute atomic E-state index is 0.0785. The molecule has 4 nitrogen and oxygen atoms in total. The molecule has 1 fully saturated rings. The van der Waals surface area contributed by atoms with Crippen LogP contribution in [-0.2, 0) is 4.74 Å². The first-order valence-electron chi connectivity index (χ1n) is 6.13. The van der Waals surface area contributed by atoms with Gasteiger partial charge in [0.25, 0.3) is 0 Å². The lowest BCUT2D eigenvalue weighted by molar-refractivity contribution is 0.0389. The Kier molecular flexibility index (Phi) is 5.00. The van der Waals surface area contributed by atoms with E-state index in [1.165, 1.54) is 0 Å². The molecule has 1 aromatic rings. The normalized spacial score (nSPS) is 21.6. The molecule has 3 N–H and O–H groups in total. The number of methoxy groups -OCH3 is 1. The first-order chi connectivity index (χ1) is 8.76. The summed E-state index contributed by atoms with van der Waals surface area (Å²) >= 11 is 3.58. The topological polar surface area (TPSA) is 56.5 Å². The van der Waals surface area contributed by atoms with Crippen LogP contribution in [0.4, 0.5) is 0 Å². The molecule has 2 atom stereocenters. The molecule has 1 saturated heterocycles. The Balaban J connectivity index is 2.25. The summed E-state index contributed by atoms with van der Waals surface area (Å²) in [7, 11) is 1.67. The zero-order valence-corrected chi connectivity index (χ0v) is 12.1. The van der Waals surface area contributed by atoms with E-state index in [-0.39, 0.29) is 6.04 Å². The van der Waals surface area contributed by atoms with Crippen molar-refractivity contribution in [1.29, 1.82) is 0 Å². The van der Waals surface area contributed by atoms with Gasteiger partial charge in [-0.05, 0) is 36.6 Å². The summed E-state index contributed by atoms with van der Waals surface area (Å²) in [4.78, 5) is 0. The number of nitrogens with one attached hydrogen (secondary N) is 1. The van der Waals surface area contributed by atoms with E-state index in [1.807, 2.05) is 18.2 Å². The first kappa shape index (κ1) is 13.8. The molecule has 0 spiro atoms. The fourth-order valence-corrected chi connectivity index (χ4v) is 2.89. The van der Waals surface area contributed by atoms with E-state index in [1.54, 1.807) is 7.11 Å². The number of hydrogen-bond donors (Lipinski definition) is 2. The van der Waals surface area contributed by atoms with Crippen LogP contribution in [0, 0.1) is 5.92 Å². The van der Waals surface area contributed by atoms with Gasteiger partial charge in [0.05, 0.1) is 19.8 Å². The molecule has 100 valence electrons. The SMILES string of the molecule is COc1ccc(Br)c(C(NN)C2CCCOC2)c1. The fraction of sp³-hybridized carbons (Fsp3) is 0.538. The van der Waals surface area contributed by atoms with Gasteiger partial charge >= 0.3 is 0 Å². The standard InChI is InChI=1S/C13H19BrN2O2/c1-17-10-4-5-12(14)11(7-10)13(16-15)9-3-2-6-18-8-9/h4-5,7,9,13,16H,2-3,6,8,15H2,1H3. The number of hydrazine groups is 1. The molecule has 0 saturated carbocycles. The molecule has 0 aromatic heterocycles. The molecule has 0 radical (unpaired) electrons. The van der Waals surface area contributed by atoms with Crippen molar-refractivity contribution in [2.45, 2.75) is 18.9 Å². The lowest BCUT2D eigenvalue weighted by Crippen LogP contribution is -2.37. The van der Waals surface area contributed by atoms with Gasteiger partial charge in [-0.15, -0.1) is 0 Å². The fourth-order valence-electron chi connectivity index (χ4n) is 2.40. The van der Waals surface area contributed by atoms with E-state index in [4.69, 9.17) is 15.3 Å². The lowest BCUT2D eigenvalue weighted by Gasteiger charge is -2.30. The Hall–Kier alpha value is -0.620. The lowest BCUT2D eigenvalue weighted by atomic mass is 9.89. The van der Waals surface area contributed by atoms with Crippen molar-refractivity contribution >= 4 is 15.9 Å². The number of nitrogens with two attached hydrogens (primary N) is 1. The van der Waals surface area contributed by atoms with Crippen molar-refractivity contribution in [3.63, 3.8) is 0 Å². The third-order valence-corrected chi connectivity index (χ3v) is 4.11. The molecule has 0 aliphatic carbocycles. The highest BCUT2D eigenvalue weighted by atomic mass is 79.9. The molecule has 1 aliphatic rings. The van der Waals surface area contributed by atoms with E-state index < -0.39 is 0 Å². The Morgan fingerprint density at radius 3 is 3.00 bits per heavy atom. The van der Waals surface area contributed by atoms with Crippen molar-refractivity contribution in [3.05, 3.63) is 28.2 Å². The van der Waals surface area contributed by atoms with Gasteiger partial charge in [0.15, 0.2) is 0 Å². The van der Waals surface area contributed by atoms with Gasteiger partial charge in [-0.2, -0.15) is 0 Å². The summed E-state index contributed by atoms with van der Waals surface area (Å²) < 4.78 is 11.9. The van der Waals surface area contributed by atoms with Crippen LogP contribution in [0.2, 0.25) is 0 Å². The van der Waals surface area contributed by atoms with Crippen LogP contribution in [0.25, 0.3) is 0 Å². The summed E-state index contributed by atoms with van der Waals surface area (Å²) in [5, 5.41) is 0. The summed E-state index contributed by atoms with van der Waals surface area (Å²) in [5.41, 5.74) is 4.03. The van der Waals surface area contributed by atoms with E-state index in [2.05, 4.69) is 21.4 Å². The molecule has 0 amide bonds. The van der Waals surface area contributed by atoms with Crippen LogP contribution in [-0.4, -0.2) is 20.3 Å². The van der Waals surface area contributed by atoms with Crippen LogP contribution in [0.5, 0.6) is 5.75 Å². The Bertz CT molecular complexity index is 395. The van der Waals surface area contributed by atoms with Crippen molar-refractivity contribution in [2.24, 2.45) is 11.8 Å². The predicted octanol–water partition coefficient (Wildman–Crippen LogP) is 2.39. The summed E-state index contributed by atoms with van der Waals surface area (Å²) in [6, 6.07) is 6.01.